The molecular weight excluding hydrogens is 230 g/mol. The molecule has 5 nitrogen and oxygen atoms in total. The van der Waals surface area contributed by atoms with E-state index in [0.717, 1.165) is 25.8 Å². The SMILES string of the molecule is CCN1CC(NC(=O)NC2(CC)CCC2)CC1=O. The normalized spacial score (nSPS) is 25.8. The Hall–Kier alpha value is -1.26. The van der Waals surface area contributed by atoms with Gasteiger partial charge in [-0.05, 0) is 32.6 Å². The first-order valence-corrected chi connectivity index (χ1v) is 6.95. The van der Waals surface area contributed by atoms with Crippen LogP contribution >= 0.6 is 0 Å². The van der Waals surface area contributed by atoms with Gasteiger partial charge in [0.05, 0.1) is 6.04 Å². The minimum atomic E-state index is -0.118. The summed E-state index contributed by atoms with van der Waals surface area (Å²) in [5, 5.41) is 5.99. The lowest BCUT2D eigenvalue weighted by Gasteiger charge is -2.42. The maximum absolute atomic E-state index is 11.9. The summed E-state index contributed by atoms with van der Waals surface area (Å²) in [5.74, 6) is 0.136. The molecule has 0 bridgehead atoms. The summed E-state index contributed by atoms with van der Waals surface area (Å²) in [6.07, 6.45) is 4.74. The molecular formula is C13H23N3O2. The number of urea groups is 1. The fraction of sp³-hybridized carbons (Fsp3) is 0.846. The molecule has 5 heteroatoms. The van der Waals surface area contributed by atoms with Crippen LogP contribution in [0.25, 0.3) is 0 Å². The Balaban J connectivity index is 1.80. The van der Waals surface area contributed by atoms with E-state index in [0.29, 0.717) is 13.0 Å². The molecule has 0 spiro atoms. The first-order valence-electron chi connectivity index (χ1n) is 6.95. The van der Waals surface area contributed by atoms with E-state index in [1.165, 1.54) is 6.42 Å². The highest BCUT2D eigenvalue weighted by molar-refractivity contribution is 5.81. The number of amides is 3. The number of carbonyl (C=O) groups is 2. The lowest BCUT2D eigenvalue weighted by atomic mass is 9.75. The van der Waals surface area contributed by atoms with Crippen molar-refractivity contribution >= 4 is 11.9 Å². The van der Waals surface area contributed by atoms with Gasteiger partial charge in [-0.3, -0.25) is 4.79 Å². The number of carbonyl (C=O) groups excluding carboxylic acids is 2. The fourth-order valence-corrected chi connectivity index (χ4v) is 2.81. The van der Waals surface area contributed by atoms with Crippen molar-refractivity contribution in [2.75, 3.05) is 13.1 Å². The number of hydrogen-bond donors (Lipinski definition) is 2. The van der Waals surface area contributed by atoms with Crippen LogP contribution in [0, 0.1) is 0 Å². The van der Waals surface area contributed by atoms with Crippen LogP contribution < -0.4 is 10.6 Å². The quantitative estimate of drug-likeness (QED) is 0.792. The van der Waals surface area contributed by atoms with E-state index in [1.54, 1.807) is 4.90 Å². The topological polar surface area (TPSA) is 61.4 Å². The van der Waals surface area contributed by atoms with Crippen LogP contribution in [0.3, 0.4) is 0 Å². The van der Waals surface area contributed by atoms with Crippen LogP contribution in [0.5, 0.6) is 0 Å². The van der Waals surface area contributed by atoms with Gasteiger partial charge in [-0.15, -0.1) is 0 Å². The lowest BCUT2D eigenvalue weighted by Crippen LogP contribution is -2.57. The van der Waals surface area contributed by atoms with E-state index in [1.807, 2.05) is 6.92 Å². The molecule has 0 aromatic rings. The van der Waals surface area contributed by atoms with Crippen molar-refractivity contribution in [2.45, 2.75) is 57.5 Å². The van der Waals surface area contributed by atoms with Crippen molar-refractivity contribution in [2.24, 2.45) is 0 Å². The smallest absolute Gasteiger partial charge is 0.315 e. The van der Waals surface area contributed by atoms with E-state index in [2.05, 4.69) is 17.6 Å². The number of nitrogens with zero attached hydrogens (tertiary/aromatic N) is 1. The highest BCUT2D eigenvalue weighted by atomic mass is 16.2. The van der Waals surface area contributed by atoms with Crippen molar-refractivity contribution in [3.8, 4) is 0 Å². The van der Waals surface area contributed by atoms with Gasteiger partial charge in [-0.1, -0.05) is 6.92 Å². The van der Waals surface area contributed by atoms with Crippen LogP contribution in [-0.4, -0.2) is 41.5 Å². The maximum atomic E-state index is 11.9. The molecule has 2 fully saturated rings. The molecule has 0 radical (unpaired) electrons. The van der Waals surface area contributed by atoms with Gasteiger partial charge in [0.2, 0.25) is 5.91 Å². The summed E-state index contributed by atoms with van der Waals surface area (Å²) in [4.78, 5) is 25.3. The lowest BCUT2D eigenvalue weighted by molar-refractivity contribution is -0.127. The van der Waals surface area contributed by atoms with Crippen LogP contribution in [0.4, 0.5) is 4.79 Å². The van der Waals surface area contributed by atoms with Crippen LogP contribution in [0.15, 0.2) is 0 Å². The minimum Gasteiger partial charge on any atom is -0.341 e. The molecule has 1 aliphatic heterocycles. The van der Waals surface area contributed by atoms with E-state index >= 15 is 0 Å². The molecule has 2 N–H and O–H groups in total. The molecule has 1 unspecified atom stereocenters. The molecule has 1 saturated heterocycles. The third-order valence-electron chi connectivity index (χ3n) is 4.30. The zero-order valence-electron chi connectivity index (χ0n) is 11.3. The summed E-state index contributed by atoms with van der Waals surface area (Å²) in [5.41, 5.74) is 0.0111. The predicted octanol–water partition coefficient (Wildman–Crippen LogP) is 1.24. The Morgan fingerprint density at radius 1 is 1.44 bits per heavy atom. The molecule has 0 aromatic carbocycles. The summed E-state index contributed by atoms with van der Waals surface area (Å²) < 4.78 is 0. The first kappa shape index (κ1) is 13.2. The van der Waals surface area contributed by atoms with Gasteiger partial charge in [0.15, 0.2) is 0 Å². The number of likely N-dealkylation sites (N-methyl/N-ethyl adjacent to an activating group) is 1. The van der Waals surface area contributed by atoms with E-state index in [-0.39, 0.29) is 23.5 Å². The van der Waals surface area contributed by atoms with Crippen molar-refractivity contribution in [1.82, 2.24) is 15.5 Å². The number of rotatable bonds is 4. The van der Waals surface area contributed by atoms with Gasteiger partial charge in [0.25, 0.3) is 0 Å². The molecule has 1 heterocycles. The Bertz CT molecular complexity index is 334. The Morgan fingerprint density at radius 3 is 2.61 bits per heavy atom. The zero-order chi connectivity index (χ0) is 13.2. The highest BCUT2D eigenvalue weighted by Gasteiger charge is 2.37. The number of hydrogen-bond acceptors (Lipinski definition) is 2. The average Bonchev–Trinajstić information content (AvgIpc) is 2.64. The molecule has 18 heavy (non-hydrogen) atoms. The Labute approximate surface area is 108 Å². The molecule has 2 rings (SSSR count). The van der Waals surface area contributed by atoms with Crippen molar-refractivity contribution in [3.63, 3.8) is 0 Å². The monoisotopic (exact) mass is 253 g/mol. The second-order valence-corrected chi connectivity index (χ2v) is 5.42. The molecule has 1 saturated carbocycles. The third-order valence-corrected chi connectivity index (χ3v) is 4.30. The maximum Gasteiger partial charge on any atom is 0.315 e. The zero-order valence-corrected chi connectivity index (χ0v) is 11.3. The fourth-order valence-electron chi connectivity index (χ4n) is 2.81. The second kappa shape index (κ2) is 5.16. The van der Waals surface area contributed by atoms with Gasteiger partial charge >= 0.3 is 6.03 Å². The first-order chi connectivity index (χ1) is 8.58. The van der Waals surface area contributed by atoms with Gasteiger partial charge in [0.1, 0.15) is 0 Å². The van der Waals surface area contributed by atoms with Gasteiger partial charge in [0, 0.05) is 25.0 Å². The molecule has 1 aliphatic carbocycles. The summed E-state index contributed by atoms with van der Waals surface area (Å²) >= 11 is 0. The van der Waals surface area contributed by atoms with Crippen molar-refractivity contribution in [1.29, 1.82) is 0 Å². The average molecular weight is 253 g/mol. The molecule has 1 atom stereocenters. The molecule has 3 amide bonds. The molecule has 102 valence electrons. The summed E-state index contributed by atoms with van der Waals surface area (Å²) in [6, 6.07) is -0.154. The molecule has 0 aromatic heterocycles. The second-order valence-electron chi connectivity index (χ2n) is 5.42. The molecule has 2 aliphatic rings. The van der Waals surface area contributed by atoms with E-state index in [9.17, 15) is 9.59 Å². The van der Waals surface area contributed by atoms with Crippen LogP contribution in [0.2, 0.25) is 0 Å². The van der Waals surface area contributed by atoms with Crippen molar-refractivity contribution in [3.05, 3.63) is 0 Å². The predicted molar refractivity (Wildman–Crippen MR) is 69.2 cm³/mol. The van der Waals surface area contributed by atoms with E-state index < -0.39 is 0 Å². The summed E-state index contributed by atoms with van der Waals surface area (Å²) in [7, 11) is 0. The Morgan fingerprint density at radius 2 is 2.17 bits per heavy atom. The van der Waals surface area contributed by atoms with Crippen molar-refractivity contribution < 1.29 is 9.59 Å². The highest BCUT2D eigenvalue weighted by Crippen LogP contribution is 2.34. The van der Waals surface area contributed by atoms with Gasteiger partial charge < -0.3 is 15.5 Å². The largest absolute Gasteiger partial charge is 0.341 e. The van der Waals surface area contributed by atoms with Gasteiger partial charge in [-0.25, -0.2) is 4.79 Å². The minimum absolute atomic E-state index is 0.0111. The summed E-state index contributed by atoms with van der Waals surface area (Å²) in [6.45, 7) is 5.43. The van der Waals surface area contributed by atoms with Crippen LogP contribution in [0.1, 0.15) is 46.0 Å². The Kier molecular flexibility index (Phi) is 3.78. The standard InChI is InChI=1S/C13H23N3O2/c1-3-13(6-5-7-13)15-12(18)14-10-8-11(17)16(4-2)9-10/h10H,3-9H2,1-2H3,(H2,14,15,18). The number of nitrogens with one attached hydrogen (secondary N) is 2. The van der Waals surface area contributed by atoms with Crippen LogP contribution in [-0.2, 0) is 4.79 Å². The number of likely N-dealkylation sites (tertiary alicyclic amines) is 1. The van der Waals surface area contributed by atoms with Gasteiger partial charge in [-0.2, -0.15) is 0 Å². The van der Waals surface area contributed by atoms with E-state index in [4.69, 9.17) is 0 Å². The third kappa shape index (κ3) is 2.60.